The van der Waals surface area contributed by atoms with E-state index in [1.165, 1.54) is 12.4 Å². The Morgan fingerprint density at radius 1 is 1.21 bits per heavy atom. The number of aromatic nitrogens is 2. The number of hydrogen-bond acceptors (Lipinski definition) is 5. The highest BCUT2D eigenvalue weighted by atomic mass is 32.2. The molecule has 1 atom stereocenters. The van der Waals surface area contributed by atoms with Crippen molar-refractivity contribution in [2.45, 2.75) is 24.3 Å². The Labute approximate surface area is 190 Å². The number of carbonyl (C=O) groups is 1. The summed E-state index contributed by atoms with van der Waals surface area (Å²) >= 11 is 0. The number of imidazole rings is 1. The maximum Gasteiger partial charge on any atom is 0.285 e. The van der Waals surface area contributed by atoms with E-state index in [-0.39, 0.29) is 23.3 Å². The van der Waals surface area contributed by atoms with Crippen LogP contribution in [0.15, 0.2) is 70.5 Å². The maximum atomic E-state index is 14.5. The molecule has 3 heterocycles. The fourth-order valence-electron chi connectivity index (χ4n) is 4.30. The molecule has 2 aliphatic rings. The number of likely N-dealkylation sites (tertiary alicyclic amines) is 1. The number of amidine groups is 1. The molecule has 2 aromatic carbocycles. The number of fused-ring (bicyclic) bond motifs is 1. The zero-order valence-corrected chi connectivity index (χ0v) is 18.5. The van der Waals surface area contributed by atoms with Crippen molar-refractivity contribution in [3.63, 3.8) is 0 Å². The second kappa shape index (κ2) is 8.43. The van der Waals surface area contributed by atoms with Crippen molar-refractivity contribution in [3.05, 3.63) is 78.1 Å². The second-order valence-corrected chi connectivity index (χ2v) is 9.72. The standard InChI is InChI=1S/C23H22FN5O3S/c24-19-12-16(7-8-20(19)29-11-9-25-15-29)13-26-23(30)17-4-3-10-28(14-17)22-18-5-1-2-6-21(18)33(31,32)27-22/h1-2,5-9,11-12,15,17H,3-4,10,13-14H2,(H,26,30). The Morgan fingerprint density at radius 2 is 2.06 bits per heavy atom. The van der Waals surface area contributed by atoms with E-state index < -0.39 is 15.8 Å². The molecule has 1 N–H and O–H groups in total. The summed E-state index contributed by atoms with van der Waals surface area (Å²) in [6.45, 7) is 1.21. The molecule has 0 aliphatic carbocycles. The average Bonchev–Trinajstić information content (AvgIpc) is 3.44. The van der Waals surface area contributed by atoms with Gasteiger partial charge in [0.2, 0.25) is 5.91 Å². The zero-order chi connectivity index (χ0) is 23.0. The minimum atomic E-state index is -3.71. The van der Waals surface area contributed by atoms with E-state index in [2.05, 4.69) is 14.7 Å². The molecular weight excluding hydrogens is 445 g/mol. The third-order valence-electron chi connectivity index (χ3n) is 5.97. The van der Waals surface area contributed by atoms with Gasteiger partial charge in [0, 0.05) is 37.6 Å². The summed E-state index contributed by atoms with van der Waals surface area (Å²) in [5, 5.41) is 2.89. The first kappa shape index (κ1) is 21.3. The first-order valence-corrected chi connectivity index (χ1v) is 12.1. The summed E-state index contributed by atoms with van der Waals surface area (Å²) < 4.78 is 44.8. The van der Waals surface area contributed by atoms with Gasteiger partial charge in [-0.3, -0.25) is 4.79 Å². The van der Waals surface area contributed by atoms with E-state index in [4.69, 9.17) is 0 Å². The molecule has 0 saturated carbocycles. The van der Waals surface area contributed by atoms with Crippen molar-refractivity contribution in [2.75, 3.05) is 13.1 Å². The normalized spacial score (nSPS) is 19.1. The number of amides is 1. The average molecular weight is 468 g/mol. The van der Waals surface area contributed by atoms with Gasteiger partial charge in [0.05, 0.1) is 17.9 Å². The molecule has 3 aromatic rings. The number of rotatable bonds is 4. The number of sulfonamides is 1. The third-order valence-corrected chi connectivity index (χ3v) is 7.29. The number of nitrogens with zero attached hydrogens (tertiary/aromatic N) is 4. The van der Waals surface area contributed by atoms with Crippen molar-refractivity contribution in [2.24, 2.45) is 10.3 Å². The van der Waals surface area contributed by atoms with Gasteiger partial charge in [0.15, 0.2) is 5.84 Å². The fraction of sp³-hybridized carbons (Fsp3) is 0.261. The lowest BCUT2D eigenvalue weighted by atomic mass is 9.96. The van der Waals surface area contributed by atoms with Gasteiger partial charge >= 0.3 is 0 Å². The molecule has 0 bridgehead atoms. The van der Waals surface area contributed by atoms with E-state index in [0.29, 0.717) is 42.2 Å². The molecule has 5 rings (SSSR count). The summed E-state index contributed by atoms with van der Waals surface area (Å²) in [6, 6.07) is 11.6. The molecule has 10 heteroatoms. The predicted octanol–water partition coefficient (Wildman–Crippen LogP) is 2.49. The Bertz CT molecular complexity index is 1340. The Kier molecular flexibility index (Phi) is 5.45. The van der Waals surface area contributed by atoms with Gasteiger partial charge < -0.3 is 14.8 Å². The van der Waals surface area contributed by atoms with Crippen LogP contribution in [0.2, 0.25) is 0 Å². The first-order valence-electron chi connectivity index (χ1n) is 10.7. The van der Waals surface area contributed by atoms with E-state index >= 15 is 0 Å². The minimum absolute atomic E-state index is 0.145. The van der Waals surface area contributed by atoms with Crippen LogP contribution in [0.4, 0.5) is 4.39 Å². The second-order valence-electron chi connectivity index (χ2n) is 8.14. The number of hydrogen-bond donors (Lipinski definition) is 1. The molecule has 33 heavy (non-hydrogen) atoms. The van der Waals surface area contributed by atoms with Crippen LogP contribution in [0, 0.1) is 11.7 Å². The lowest BCUT2D eigenvalue weighted by molar-refractivity contribution is -0.126. The minimum Gasteiger partial charge on any atom is -0.355 e. The van der Waals surface area contributed by atoms with Crippen LogP contribution in [0.1, 0.15) is 24.0 Å². The Balaban J connectivity index is 1.25. The summed E-state index contributed by atoms with van der Waals surface area (Å²) in [5.74, 6) is -0.455. The Morgan fingerprint density at radius 3 is 2.85 bits per heavy atom. The van der Waals surface area contributed by atoms with Gasteiger partial charge in [-0.1, -0.05) is 18.2 Å². The van der Waals surface area contributed by atoms with Crippen molar-refractivity contribution >= 4 is 21.8 Å². The summed E-state index contributed by atoms with van der Waals surface area (Å²) in [7, 11) is -3.71. The van der Waals surface area contributed by atoms with E-state index in [1.807, 2.05) is 4.90 Å². The lowest BCUT2D eigenvalue weighted by Crippen LogP contribution is -2.45. The van der Waals surface area contributed by atoms with Crippen molar-refractivity contribution in [1.82, 2.24) is 19.8 Å². The molecule has 2 aliphatic heterocycles. The summed E-state index contributed by atoms with van der Waals surface area (Å²) in [4.78, 5) is 18.8. The van der Waals surface area contributed by atoms with Crippen LogP contribution in [0.25, 0.3) is 5.69 Å². The van der Waals surface area contributed by atoms with Gasteiger partial charge in [-0.25, -0.2) is 9.37 Å². The molecule has 170 valence electrons. The van der Waals surface area contributed by atoms with Gasteiger partial charge in [-0.2, -0.15) is 8.42 Å². The molecule has 1 unspecified atom stereocenters. The molecule has 0 radical (unpaired) electrons. The van der Waals surface area contributed by atoms with Crippen LogP contribution in [0.3, 0.4) is 0 Å². The maximum absolute atomic E-state index is 14.5. The third kappa shape index (κ3) is 4.13. The number of piperidine rings is 1. The molecule has 8 nitrogen and oxygen atoms in total. The molecule has 1 saturated heterocycles. The molecule has 1 aromatic heterocycles. The molecule has 0 spiro atoms. The Hall–Kier alpha value is -3.53. The zero-order valence-electron chi connectivity index (χ0n) is 17.7. The van der Waals surface area contributed by atoms with Crippen molar-refractivity contribution in [3.8, 4) is 5.69 Å². The number of carbonyl (C=O) groups excluding carboxylic acids is 1. The molecule has 1 fully saturated rings. The lowest BCUT2D eigenvalue weighted by Gasteiger charge is -2.33. The number of nitrogens with one attached hydrogen (secondary N) is 1. The molecule has 1 amide bonds. The SMILES string of the molecule is O=C(NCc1ccc(-n2ccnc2)c(F)c1)C1CCCN(C2=NS(=O)(=O)c3ccccc32)C1. The van der Waals surface area contributed by atoms with Gasteiger partial charge in [0.25, 0.3) is 10.0 Å². The summed E-state index contributed by atoms with van der Waals surface area (Å²) in [5.41, 5.74) is 1.61. The van der Waals surface area contributed by atoms with E-state index in [1.54, 1.807) is 53.4 Å². The fourth-order valence-corrected chi connectivity index (χ4v) is 5.53. The van der Waals surface area contributed by atoms with E-state index in [0.717, 1.165) is 6.42 Å². The first-order chi connectivity index (χ1) is 15.9. The quantitative estimate of drug-likeness (QED) is 0.636. The van der Waals surface area contributed by atoms with Crippen LogP contribution in [0.5, 0.6) is 0 Å². The highest BCUT2D eigenvalue weighted by molar-refractivity contribution is 7.90. The smallest absolute Gasteiger partial charge is 0.285 e. The molecular formula is C23H22FN5O3S. The topological polar surface area (TPSA) is 96.7 Å². The van der Waals surface area contributed by atoms with Gasteiger partial charge in [-0.05, 0) is 42.7 Å². The largest absolute Gasteiger partial charge is 0.355 e. The number of halogens is 1. The van der Waals surface area contributed by atoms with Crippen LogP contribution in [-0.4, -0.2) is 47.7 Å². The van der Waals surface area contributed by atoms with Crippen molar-refractivity contribution < 1.29 is 17.6 Å². The summed E-state index contributed by atoms with van der Waals surface area (Å²) in [6.07, 6.45) is 6.19. The predicted molar refractivity (Wildman–Crippen MR) is 120 cm³/mol. The van der Waals surface area contributed by atoms with Crippen molar-refractivity contribution in [1.29, 1.82) is 0 Å². The highest BCUT2D eigenvalue weighted by Crippen LogP contribution is 2.29. The monoisotopic (exact) mass is 467 g/mol. The van der Waals surface area contributed by atoms with Gasteiger partial charge in [-0.15, -0.1) is 4.40 Å². The highest BCUT2D eigenvalue weighted by Gasteiger charge is 2.35. The van der Waals surface area contributed by atoms with Gasteiger partial charge in [0.1, 0.15) is 10.7 Å². The van der Waals surface area contributed by atoms with Crippen LogP contribution >= 0.6 is 0 Å². The van der Waals surface area contributed by atoms with Crippen LogP contribution in [-0.2, 0) is 21.4 Å². The number of benzene rings is 2. The van der Waals surface area contributed by atoms with E-state index in [9.17, 15) is 17.6 Å². The van der Waals surface area contributed by atoms with Crippen LogP contribution < -0.4 is 5.32 Å².